The van der Waals surface area contributed by atoms with Gasteiger partial charge in [-0.3, -0.25) is 13.9 Å². The summed E-state index contributed by atoms with van der Waals surface area (Å²) in [6, 6.07) is 0. The molecule has 0 fully saturated rings. The van der Waals surface area contributed by atoms with Crippen LogP contribution in [0.5, 0.6) is 0 Å². The van der Waals surface area contributed by atoms with Crippen LogP contribution in [0.25, 0.3) is 11.2 Å². The van der Waals surface area contributed by atoms with Crippen LogP contribution in [0.4, 0.5) is 0 Å². The zero-order valence-electron chi connectivity index (χ0n) is 12.8. The normalized spacial score (nSPS) is 12.0. The molecule has 0 radical (unpaired) electrons. The Hall–Kier alpha value is -1.87. The summed E-state index contributed by atoms with van der Waals surface area (Å²) >= 11 is 0. The maximum atomic E-state index is 12.6. The zero-order valence-corrected chi connectivity index (χ0v) is 13.7. The molecule has 0 aliphatic heterocycles. The topological polar surface area (TPSA) is 118 Å². The highest BCUT2D eigenvalue weighted by Crippen LogP contribution is 2.14. The number of rotatable bonds is 8. The smallest absolute Gasteiger partial charge is 0.361 e. The van der Waals surface area contributed by atoms with Crippen molar-refractivity contribution in [1.29, 1.82) is 0 Å². The van der Waals surface area contributed by atoms with Crippen LogP contribution >= 0.6 is 8.25 Å². The van der Waals surface area contributed by atoms with Gasteiger partial charge in [0.2, 0.25) is 0 Å². The second-order valence-corrected chi connectivity index (χ2v) is 5.47. The number of nitrogens with zero attached hydrogens (tertiary/aromatic N) is 4. The van der Waals surface area contributed by atoms with E-state index in [1.54, 1.807) is 0 Å². The van der Waals surface area contributed by atoms with E-state index in [-0.39, 0.29) is 37.5 Å². The summed E-state index contributed by atoms with van der Waals surface area (Å²) in [6.45, 7) is 2.52. The first kappa shape index (κ1) is 17.5. The lowest BCUT2D eigenvalue weighted by molar-refractivity contribution is 0.0903. The van der Waals surface area contributed by atoms with E-state index in [0.29, 0.717) is 6.61 Å². The second kappa shape index (κ2) is 7.60. The molecular formula is C12H18N4O6P+. The number of aryl methyl sites for hydroxylation is 1. The molecule has 0 aromatic carbocycles. The van der Waals surface area contributed by atoms with Gasteiger partial charge in [0.05, 0.1) is 6.33 Å². The monoisotopic (exact) mass is 345 g/mol. The van der Waals surface area contributed by atoms with Crippen molar-refractivity contribution in [3.63, 3.8) is 0 Å². The first-order chi connectivity index (χ1) is 11.0. The molecule has 0 saturated carbocycles. The number of fused-ring (bicyclic) bond motifs is 1. The summed E-state index contributed by atoms with van der Waals surface area (Å²) in [4.78, 5) is 37.5. The third-order valence-electron chi connectivity index (χ3n) is 3.26. The molecule has 2 aromatic rings. The summed E-state index contributed by atoms with van der Waals surface area (Å²) in [5, 5.41) is 0. The molecule has 1 N–H and O–H groups in total. The van der Waals surface area contributed by atoms with Gasteiger partial charge in [-0.1, -0.05) is 0 Å². The number of hydrogen-bond acceptors (Lipinski definition) is 6. The largest absolute Gasteiger partial charge is 0.694 e. The van der Waals surface area contributed by atoms with E-state index < -0.39 is 19.5 Å². The average molecular weight is 345 g/mol. The van der Waals surface area contributed by atoms with Gasteiger partial charge in [0.25, 0.3) is 5.56 Å². The molecule has 11 heteroatoms. The first-order valence-corrected chi connectivity index (χ1v) is 8.11. The van der Waals surface area contributed by atoms with Gasteiger partial charge < -0.3 is 9.30 Å². The van der Waals surface area contributed by atoms with Gasteiger partial charge in [-0.25, -0.2) is 9.78 Å². The van der Waals surface area contributed by atoms with Crippen LogP contribution in [0.2, 0.25) is 0 Å². The van der Waals surface area contributed by atoms with E-state index >= 15 is 0 Å². The third-order valence-corrected chi connectivity index (χ3v) is 3.67. The molecule has 0 amide bonds. The number of hydrogen-bond donors (Lipinski definition) is 1. The van der Waals surface area contributed by atoms with E-state index in [0.717, 1.165) is 4.57 Å². The van der Waals surface area contributed by atoms with Crippen LogP contribution < -0.4 is 11.2 Å². The van der Waals surface area contributed by atoms with Crippen molar-refractivity contribution in [2.24, 2.45) is 7.05 Å². The first-order valence-electron chi connectivity index (χ1n) is 6.98. The quantitative estimate of drug-likeness (QED) is 0.526. The summed E-state index contributed by atoms with van der Waals surface area (Å²) in [5.41, 5.74) is -0.424. The number of aromatic nitrogens is 4. The van der Waals surface area contributed by atoms with E-state index in [2.05, 4.69) is 9.51 Å². The molecule has 2 rings (SSSR count). The van der Waals surface area contributed by atoms with Gasteiger partial charge in [0.1, 0.15) is 13.3 Å². The van der Waals surface area contributed by atoms with Gasteiger partial charge in [-0.05, 0) is 13.3 Å². The van der Waals surface area contributed by atoms with Crippen molar-refractivity contribution >= 4 is 19.4 Å². The molecule has 1 unspecified atom stereocenters. The summed E-state index contributed by atoms with van der Waals surface area (Å²) in [6.07, 6.45) is 1.70. The standard InChI is InChI=1S/C12H17N4O6P/c1-3-21-8-15-7-13-10-9(15)11(17)16(12(18)14(10)2)5-4-6-22-23(19)20/h7H,3-6,8H2,1-2H3/p+1. The highest BCUT2D eigenvalue weighted by molar-refractivity contribution is 7.32. The molecule has 10 nitrogen and oxygen atoms in total. The Morgan fingerprint density at radius 1 is 1.39 bits per heavy atom. The minimum Gasteiger partial charge on any atom is -0.361 e. The van der Waals surface area contributed by atoms with Crippen LogP contribution in [0, 0.1) is 0 Å². The summed E-state index contributed by atoms with van der Waals surface area (Å²) < 4.78 is 24.1. The van der Waals surface area contributed by atoms with Crippen LogP contribution in [-0.4, -0.2) is 36.8 Å². The van der Waals surface area contributed by atoms with Gasteiger partial charge in [0, 0.05) is 24.8 Å². The molecule has 1 atom stereocenters. The van der Waals surface area contributed by atoms with E-state index in [1.807, 2.05) is 6.92 Å². The maximum absolute atomic E-state index is 12.6. The Balaban J connectivity index is 2.38. The lowest BCUT2D eigenvalue weighted by atomic mass is 10.4. The van der Waals surface area contributed by atoms with Gasteiger partial charge in [0.15, 0.2) is 11.2 Å². The van der Waals surface area contributed by atoms with Crippen LogP contribution in [0.15, 0.2) is 15.9 Å². The molecular weight excluding hydrogens is 327 g/mol. The van der Waals surface area contributed by atoms with Gasteiger partial charge in [-0.2, -0.15) is 0 Å². The molecule has 2 aromatic heterocycles. The van der Waals surface area contributed by atoms with Crippen molar-refractivity contribution in [1.82, 2.24) is 18.7 Å². The van der Waals surface area contributed by atoms with Crippen molar-refractivity contribution in [3.05, 3.63) is 27.2 Å². The minimum atomic E-state index is -2.69. The fourth-order valence-corrected chi connectivity index (χ4v) is 2.46. The van der Waals surface area contributed by atoms with E-state index in [1.165, 1.54) is 22.5 Å². The Morgan fingerprint density at radius 2 is 2.13 bits per heavy atom. The number of imidazole rings is 1. The Bertz CT molecular complexity index is 823. The molecule has 0 spiro atoms. The minimum absolute atomic E-state index is 0.0302. The fourth-order valence-electron chi connectivity index (χ4n) is 2.17. The lowest BCUT2D eigenvalue weighted by Gasteiger charge is -2.09. The van der Waals surface area contributed by atoms with E-state index in [4.69, 9.17) is 9.63 Å². The van der Waals surface area contributed by atoms with Crippen LogP contribution in [0.1, 0.15) is 13.3 Å². The van der Waals surface area contributed by atoms with Crippen molar-refractivity contribution in [3.8, 4) is 0 Å². The molecule has 126 valence electrons. The number of ether oxygens (including phenoxy) is 1. The highest BCUT2D eigenvalue weighted by atomic mass is 31.1. The van der Waals surface area contributed by atoms with Crippen LogP contribution in [-0.2, 0) is 34.1 Å². The van der Waals surface area contributed by atoms with Gasteiger partial charge >= 0.3 is 13.9 Å². The lowest BCUT2D eigenvalue weighted by Crippen LogP contribution is -2.40. The van der Waals surface area contributed by atoms with Crippen LogP contribution in [0.3, 0.4) is 0 Å². The fraction of sp³-hybridized carbons (Fsp3) is 0.583. The predicted molar refractivity (Wildman–Crippen MR) is 81.3 cm³/mol. The Labute approximate surface area is 131 Å². The molecule has 0 saturated heterocycles. The van der Waals surface area contributed by atoms with Crippen molar-refractivity contribution in [2.75, 3.05) is 13.2 Å². The molecule has 0 aliphatic rings. The Morgan fingerprint density at radius 3 is 2.78 bits per heavy atom. The Kier molecular flexibility index (Phi) is 5.78. The maximum Gasteiger partial charge on any atom is 0.694 e. The van der Waals surface area contributed by atoms with E-state index in [9.17, 15) is 14.2 Å². The molecule has 2 heterocycles. The molecule has 0 aliphatic carbocycles. The zero-order chi connectivity index (χ0) is 17.0. The van der Waals surface area contributed by atoms with Gasteiger partial charge in [-0.15, -0.1) is 9.42 Å². The van der Waals surface area contributed by atoms with Crippen molar-refractivity contribution < 1.29 is 18.7 Å². The summed E-state index contributed by atoms with van der Waals surface area (Å²) in [5.74, 6) is 0. The predicted octanol–water partition coefficient (Wildman–Crippen LogP) is -0.0529. The summed E-state index contributed by atoms with van der Waals surface area (Å²) in [7, 11) is -1.16. The third kappa shape index (κ3) is 3.73. The SMILES string of the molecule is CCOCn1cnc2c1c(=O)n(CCCO[P+](=O)O)c(=O)n2C. The second-order valence-electron chi connectivity index (χ2n) is 4.73. The van der Waals surface area contributed by atoms with Crippen molar-refractivity contribution in [2.45, 2.75) is 26.6 Å². The average Bonchev–Trinajstić information content (AvgIpc) is 2.94. The molecule has 23 heavy (non-hydrogen) atoms. The molecule has 0 bridgehead atoms. The highest BCUT2D eigenvalue weighted by Gasteiger charge is 2.17.